The van der Waals surface area contributed by atoms with E-state index >= 15 is 0 Å². The second-order valence-corrected chi connectivity index (χ2v) is 7.98. The first kappa shape index (κ1) is 15.8. The van der Waals surface area contributed by atoms with Gasteiger partial charge in [0.05, 0.1) is 5.92 Å². The highest BCUT2D eigenvalue weighted by Crippen LogP contribution is 2.38. The third kappa shape index (κ3) is 4.21. The summed E-state index contributed by atoms with van der Waals surface area (Å²) in [7, 11) is 0. The molecule has 0 aliphatic heterocycles. The molecule has 2 aliphatic rings. The molecule has 0 bridgehead atoms. The van der Waals surface area contributed by atoms with Gasteiger partial charge < -0.3 is 10.4 Å². The lowest BCUT2D eigenvalue weighted by Gasteiger charge is -2.39. The largest absolute Gasteiger partial charge is 0.481 e. The summed E-state index contributed by atoms with van der Waals surface area (Å²) in [5.41, 5.74) is 0.435. The van der Waals surface area contributed by atoms with Gasteiger partial charge in [0.2, 0.25) is 0 Å². The number of nitrogens with one attached hydrogen (secondary N) is 1. The fourth-order valence-corrected chi connectivity index (χ4v) is 4.02. The van der Waals surface area contributed by atoms with Crippen LogP contribution in [0.4, 0.5) is 0 Å². The van der Waals surface area contributed by atoms with Crippen molar-refractivity contribution in [2.75, 3.05) is 0 Å². The molecule has 0 radical (unpaired) electrons. The molecule has 0 amide bonds. The van der Waals surface area contributed by atoms with Crippen LogP contribution in [0.3, 0.4) is 0 Å². The lowest BCUT2D eigenvalue weighted by Crippen LogP contribution is -2.44. The number of aliphatic carboxylic acids is 1. The Morgan fingerprint density at radius 3 is 2.20 bits per heavy atom. The SMILES string of the molecule is CC(C)(C)C1CCC(NC2CCCC(C(=O)O)C2)CC1. The molecular weight excluding hydrogens is 250 g/mol. The van der Waals surface area contributed by atoms with E-state index in [9.17, 15) is 4.79 Å². The van der Waals surface area contributed by atoms with E-state index in [1.165, 1.54) is 25.7 Å². The van der Waals surface area contributed by atoms with Gasteiger partial charge in [-0.15, -0.1) is 0 Å². The zero-order valence-electron chi connectivity index (χ0n) is 13.3. The van der Waals surface area contributed by atoms with Gasteiger partial charge in [0.15, 0.2) is 0 Å². The van der Waals surface area contributed by atoms with Crippen molar-refractivity contribution in [2.45, 2.75) is 84.2 Å². The van der Waals surface area contributed by atoms with E-state index in [0.717, 1.165) is 31.6 Å². The number of carbonyl (C=O) groups is 1. The van der Waals surface area contributed by atoms with Crippen LogP contribution in [0.15, 0.2) is 0 Å². The van der Waals surface area contributed by atoms with Crippen LogP contribution in [-0.4, -0.2) is 23.2 Å². The van der Waals surface area contributed by atoms with E-state index < -0.39 is 5.97 Å². The average Bonchev–Trinajstić information content (AvgIpc) is 2.38. The molecule has 2 fully saturated rings. The van der Waals surface area contributed by atoms with Gasteiger partial charge >= 0.3 is 5.97 Å². The quantitative estimate of drug-likeness (QED) is 0.826. The fraction of sp³-hybridized carbons (Fsp3) is 0.941. The van der Waals surface area contributed by atoms with Gasteiger partial charge in [-0.05, 0) is 56.3 Å². The van der Waals surface area contributed by atoms with Crippen molar-refractivity contribution in [3.05, 3.63) is 0 Å². The first-order valence-electron chi connectivity index (χ1n) is 8.35. The molecule has 2 saturated carbocycles. The van der Waals surface area contributed by atoms with Crippen molar-refractivity contribution in [1.82, 2.24) is 5.32 Å². The Hall–Kier alpha value is -0.570. The average molecular weight is 281 g/mol. The maximum absolute atomic E-state index is 11.1. The summed E-state index contributed by atoms with van der Waals surface area (Å²) in [6.07, 6.45) is 9.06. The Labute approximate surface area is 123 Å². The van der Waals surface area contributed by atoms with E-state index in [1.807, 2.05) is 0 Å². The highest BCUT2D eigenvalue weighted by molar-refractivity contribution is 5.70. The number of carboxylic acid groups (broad SMARTS) is 1. The van der Waals surface area contributed by atoms with Gasteiger partial charge in [-0.2, -0.15) is 0 Å². The second-order valence-electron chi connectivity index (χ2n) is 7.98. The molecule has 2 N–H and O–H groups in total. The number of hydrogen-bond acceptors (Lipinski definition) is 2. The molecule has 2 atom stereocenters. The summed E-state index contributed by atoms with van der Waals surface area (Å²) in [5, 5.41) is 12.9. The highest BCUT2D eigenvalue weighted by atomic mass is 16.4. The molecule has 20 heavy (non-hydrogen) atoms. The summed E-state index contributed by atoms with van der Waals surface area (Å²) in [5.74, 6) is 0.124. The van der Waals surface area contributed by atoms with Crippen LogP contribution in [0.2, 0.25) is 0 Å². The molecule has 116 valence electrons. The molecule has 0 aromatic heterocycles. The maximum Gasteiger partial charge on any atom is 0.306 e. The van der Waals surface area contributed by atoms with Crippen molar-refractivity contribution in [1.29, 1.82) is 0 Å². The van der Waals surface area contributed by atoms with Crippen LogP contribution in [0.5, 0.6) is 0 Å². The van der Waals surface area contributed by atoms with Crippen molar-refractivity contribution >= 4 is 5.97 Å². The lowest BCUT2D eigenvalue weighted by atomic mass is 9.71. The summed E-state index contributed by atoms with van der Waals surface area (Å²) in [4.78, 5) is 11.1. The summed E-state index contributed by atoms with van der Waals surface area (Å²) in [6, 6.07) is 1.05. The predicted octanol–water partition coefficient (Wildman–Crippen LogP) is 3.82. The molecule has 2 aliphatic carbocycles. The summed E-state index contributed by atoms with van der Waals surface area (Å²) >= 11 is 0. The highest BCUT2D eigenvalue weighted by Gasteiger charge is 2.32. The van der Waals surface area contributed by atoms with Crippen LogP contribution in [0.25, 0.3) is 0 Å². The molecule has 2 unspecified atom stereocenters. The van der Waals surface area contributed by atoms with Crippen LogP contribution in [-0.2, 0) is 4.79 Å². The normalized spacial score (nSPS) is 35.8. The van der Waals surface area contributed by atoms with Gasteiger partial charge in [-0.1, -0.05) is 27.2 Å². The van der Waals surface area contributed by atoms with Crippen LogP contribution in [0.1, 0.15) is 72.1 Å². The van der Waals surface area contributed by atoms with E-state index in [0.29, 0.717) is 17.5 Å². The minimum Gasteiger partial charge on any atom is -0.481 e. The third-order valence-corrected chi connectivity index (χ3v) is 5.45. The van der Waals surface area contributed by atoms with Crippen LogP contribution < -0.4 is 5.32 Å². The molecule has 0 heterocycles. The molecule has 3 nitrogen and oxygen atoms in total. The second kappa shape index (κ2) is 6.46. The van der Waals surface area contributed by atoms with Gasteiger partial charge in [0, 0.05) is 12.1 Å². The first-order valence-corrected chi connectivity index (χ1v) is 8.35. The van der Waals surface area contributed by atoms with Crippen LogP contribution >= 0.6 is 0 Å². The van der Waals surface area contributed by atoms with Crippen molar-refractivity contribution < 1.29 is 9.90 Å². The Bertz CT molecular complexity index is 326. The zero-order chi connectivity index (χ0) is 14.8. The Kier molecular flexibility index (Phi) is 5.11. The van der Waals surface area contributed by atoms with E-state index in [2.05, 4.69) is 26.1 Å². The minimum absolute atomic E-state index is 0.118. The molecule has 0 saturated heterocycles. The molecule has 0 spiro atoms. The maximum atomic E-state index is 11.1. The summed E-state index contributed by atoms with van der Waals surface area (Å²) in [6.45, 7) is 7.05. The Morgan fingerprint density at radius 2 is 1.65 bits per heavy atom. The van der Waals surface area contributed by atoms with E-state index in [4.69, 9.17) is 5.11 Å². The van der Waals surface area contributed by atoms with Crippen molar-refractivity contribution in [3.8, 4) is 0 Å². The van der Waals surface area contributed by atoms with Crippen molar-refractivity contribution in [3.63, 3.8) is 0 Å². The third-order valence-electron chi connectivity index (χ3n) is 5.45. The topological polar surface area (TPSA) is 49.3 Å². The van der Waals surface area contributed by atoms with Crippen LogP contribution in [0, 0.1) is 17.3 Å². The standard InChI is InChI=1S/C17H31NO2/c1-17(2,3)13-7-9-14(10-8-13)18-15-6-4-5-12(11-15)16(19)20/h12-15,18H,4-11H2,1-3H3,(H,19,20). The minimum atomic E-state index is -0.604. The number of hydrogen-bond donors (Lipinski definition) is 2. The Balaban J connectivity index is 1.76. The molecule has 2 rings (SSSR count). The lowest BCUT2D eigenvalue weighted by molar-refractivity contribution is -0.143. The molecular formula is C17H31NO2. The van der Waals surface area contributed by atoms with E-state index in [1.54, 1.807) is 0 Å². The number of carboxylic acids is 1. The number of rotatable bonds is 3. The predicted molar refractivity (Wildman–Crippen MR) is 81.7 cm³/mol. The van der Waals surface area contributed by atoms with Gasteiger partial charge in [0.25, 0.3) is 0 Å². The van der Waals surface area contributed by atoms with Crippen molar-refractivity contribution in [2.24, 2.45) is 17.3 Å². The van der Waals surface area contributed by atoms with Gasteiger partial charge in [0.1, 0.15) is 0 Å². The fourth-order valence-electron chi connectivity index (χ4n) is 4.02. The molecule has 3 heteroatoms. The Morgan fingerprint density at radius 1 is 1.00 bits per heavy atom. The van der Waals surface area contributed by atoms with Gasteiger partial charge in [-0.25, -0.2) is 0 Å². The monoisotopic (exact) mass is 281 g/mol. The zero-order valence-corrected chi connectivity index (χ0v) is 13.3. The van der Waals surface area contributed by atoms with Gasteiger partial charge in [-0.3, -0.25) is 4.79 Å². The van der Waals surface area contributed by atoms with E-state index in [-0.39, 0.29) is 5.92 Å². The molecule has 0 aromatic carbocycles. The smallest absolute Gasteiger partial charge is 0.306 e. The summed E-state index contributed by atoms with van der Waals surface area (Å²) < 4.78 is 0. The molecule has 0 aromatic rings. The first-order chi connectivity index (χ1) is 9.36.